The van der Waals surface area contributed by atoms with Crippen molar-refractivity contribution >= 4 is 29.0 Å². The van der Waals surface area contributed by atoms with Crippen molar-refractivity contribution in [1.82, 2.24) is 14.8 Å². The van der Waals surface area contributed by atoms with E-state index in [-0.39, 0.29) is 17.5 Å². The largest absolute Gasteiger partial charge is 0.366 e. The topological polar surface area (TPSA) is 100 Å². The van der Waals surface area contributed by atoms with Gasteiger partial charge in [0, 0.05) is 33.3 Å². The number of amides is 2. The number of rotatable bonds is 2. The van der Waals surface area contributed by atoms with E-state index in [9.17, 15) is 14.4 Å². The molecule has 9 heteroatoms. The number of Topliss-reactive ketones (excluding diaryl/α,β-unsaturated/α-hetero) is 1. The number of pyridine rings is 1. The second-order valence-corrected chi connectivity index (χ2v) is 6.46. The van der Waals surface area contributed by atoms with Gasteiger partial charge in [-0.3, -0.25) is 14.5 Å². The zero-order chi connectivity index (χ0) is 18.4. The fraction of sp³-hybridized carbons (Fsp3) is 0.353. The summed E-state index contributed by atoms with van der Waals surface area (Å²) in [5.41, 5.74) is 0.888. The van der Waals surface area contributed by atoms with Gasteiger partial charge in [-0.15, -0.1) is 0 Å². The number of ketones is 1. The van der Waals surface area contributed by atoms with Gasteiger partial charge in [-0.2, -0.15) is 5.10 Å². The van der Waals surface area contributed by atoms with Gasteiger partial charge in [0.15, 0.2) is 11.6 Å². The standard InChI is InChI=1S/C17H18N6O3/c1-10(24)12-3-4-14-15(19-12)23(11-6-8-22(14)9-11)17(26)20-13-5-7-18-21(2)16(13)25/h3-5,7,11H,6,8-9H2,1-2H3,(H,20,26)/t11-/m0/s1. The lowest BCUT2D eigenvalue weighted by atomic mass is 10.1. The smallest absolute Gasteiger partial charge is 0.328 e. The van der Waals surface area contributed by atoms with E-state index in [1.807, 2.05) is 6.07 Å². The monoisotopic (exact) mass is 354 g/mol. The Balaban J connectivity index is 1.73. The molecule has 2 amide bonds. The maximum Gasteiger partial charge on any atom is 0.328 e. The Kier molecular flexibility index (Phi) is 3.71. The Morgan fingerprint density at radius 3 is 2.85 bits per heavy atom. The van der Waals surface area contributed by atoms with Crippen LogP contribution < -0.4 is 20.7 Å². The number of nitrogens with one attached hydrogen (secondary N) is 1. The van der Waals surface area contributed by atoms with Crippen LogP contribution in [0.3, 0.4) is 0 Å². The van der Waals surface area contributed by atoms with E-state index in [0.29, 0.717) is 18.1 Å². The van der Waals surface area contributed by atoms with Crippen LogP contribution in [0.15, 0.2) is 29.2 Å². The Labute approximate surface area is 149 Å². The fourth-order valence-electron chi connectivity index (χ4n) is 3.44. The highest BCUT2D eigenvalue weighted by atomic mass is 16.2. The van der Waals surface area contributed by atoms with Gasteiger partial charge >= 0.3 is 6.03 Å². The molecule has 1 atom stereocenters. The highest BCUT2D eigenvalue weighted by Crippen LogP contribution is 2.39. The molecule has 26 heavy (non-hydrogen) atoms. The van der Waals surface area contributed by atoms with Crippen LogP contribution in [0, 0.1) is 0 Å². The average Bonchev–Trinajstić information content (AvgIpc) is 3.03. The Morgan fingerprint density at radius 1 is 1.27 bits per heavy atom. The van der Waals surface area contributed by atoms with Crippen molar-refractivity contribution in [1.29, 1.82) is 0 Å². The molecule has 1 saturated heterocycles. The van der Waals surface area contributed by atoms with Crippen molar-refractivity contribution in [3.05, 3.63) is 40.4 Å². The van der Waals surface area contributed by atoms with Gasteiger partial charge in [0.1, 0.15) is 11.4 Å². The minimum absolute atomic E-state index is 0.0529. The molecule has 0 radical (unpaired) electrons. The summed E-state index contributed by atoms with van der Waals surface area (Å²) in [5, 5.41) is 6.51. The fourth-order valence-corrected chi connectivity index (χ4v) is 3.44. The molecular weight excluding hydrogens is 336 g/mol. The first-order chi connectivity index (χ1) is 12.5. The second kappa shape index (κ2) is 5.94. The first kappa shape index (κ1) is 16.2. The first-order valence-electron chi connectivity index (χ1n) is 8.35. The summed E-state index contributed by atoms with van der Waals surface area (Å²) in [4.78, 5) is 44.9. The molecule has 1 N–H and O–H groups in total. The third kappa shape index (κ3) is 2.52. The number of carbonyl (C=O) groups excluding carboxylic acids is 2. The summed E-state index contributed by atoms with van der Waals surface area (Å²) in [6, 6.07) is 4.48. The number of hydrogen-bond donors (Lipinski definition) is 1. The van der Waals surface area contributed by atoms with Crippen molar-refractivity contribution in [3.63, 3.8) is 0 Å². The predicted molar refractivity (Wildman–Crippen MR) is 95.8 cm³/mol. The zero-order valence-electron chi connectivity index (χ0n) is 14.5. The number of urea groups is 1. The van der Waals surface area contributed by atoms with Gasteiger partial charge in [-0.25, -0.2) is 14.5 Å². The molecule has 0 saturated carbocycles. The van der Waals surface area contributed by atoms with Gasteiger partial charge in [0.2, 0.25) is 0 Å². The van der Waals surface area contributed by atoms with Crippen LogP contribution in [-0.4, -0.2) is 45.7 Å². The summed E-state index contributed by atoms with van der Waals surface area (Å²) in [6.07, 6.45) is 2.25. The number of nitrogens with zero attached hydrogens (tertiary/aromatic N) is 5. The lowest BCUT2D eigenvalue weighted by molar-refractivity contribution is 0.101. The molecule has 1 fully saturated rings. The predicted octanol–water partition coefficient (Wildman–Crippen LogP) is 1.01. The van der Waals surface area contributed by atoms with Crippen LogP contribution in [0.4, 0.5) is 22.0 Å². The van der Waals surface area contributed by atoms with Crippen LogP contribution in [0.25, 0.3) is 0 Å². The molecule has 2 aliphatic rings. The van der Waals surface area contributed by atoms with Crippen molar-refractivity contribution in [2.24, 2.45) is 7.05 Å². The van der Waals surface area contributed by atoms with Crippen LogP contribution >= 0.6 is 0 Å². The number of fused-ring (bicyclic) bond motifs is 4. The molecule has 134 valence electrons. The van der Waals surface area contributed by atoms with Gasteiger partial charge in [0.05, 0.1) is 11.7 Å². The molecule has 2 aromatic heterocycles. The average molecular weight is 354 g/mol. The Morgan fingerprint density at radius 2 is 2.08 bits per heavy atom. The van der Waals surface area contributed by atoms with E-state index in [2.05, 4.69) is 20.3 Å². The van der Waals surface area contributed by atoms with Crippen molar-refractivity contribution in [2.75, 3.05) is 28.2 Å². The molecular formula is C17H18N6O3. The second-order valence-electron chi connectivity index (χ2n) is 6.46. The molecule has 0 aliphatic carbocycles. The highest BCUT2D eigenvalue weighted by molar-refractivity contribution is 6.05. The van der Waals surface area contributed by atoms with Crippen LogP contribution in [0.5, 0.6) is 0 Å². The van der Waals surface area contributed by atoms with Crippen LogP contribution in [-0.2, 0) is 7.05 Å². The van der Waals surface area contributed by atoms with Gasteiger partial charge < -0.3 is 10.2 Å². The van der Waals surface area contributed by atoms with E-state index in [1.54, 1.807) is 11.0 Å². The molecule has 4 heterocycles. The maximum atomic E-state index is 13.0. The Bertz CT molecular complexity index is 969. The number of carbonyl (C=O) groups is 2. The third-order valence-corrected chi connectivity index (χ3v) is 4.78. The first-order valence-corrected chi connectivity index (χ1v) is 8.35. The third-order valence-electron chi connectivity index (χ3n) is 4.78. The molecule has 2 aromatic rings. The van der Waals surface area contributed by atoms with Crippen LogP contribution in [0.2, 0.25) is 0 Å². The molecule has 2 aliphatic heterocycles. The van der Waals surface area contributed by atoms with E-state index < -0.39 is 11.6 Å². The van der Waals surface area contributed by atoms with Crippen LogP contribution in [0.1, 0.15) is 23.8 Å². The maximum absolute atomic E-state index is 13.0. The number of aromatic nitrogens is 3. The van der Waals surface area contributed by atoms with E-state index in [4.69, 9.17) is 0 Å². The SMILES string of the molecule is CC(=O)c1ccc2c(n1)N(C(=O)Nc1ccnn(C)c1=O)[C@H]1CCN2C1. The molecule has 0 spiro atoms. The minimum Gasteiger partial charge on any atom is -0.366 e. The van der Waals surface area contributed by atoms with Gasteiger partial charge in [-0.1, -0.05) is 0 Å². The Hall–Kier alpha value is -3.23. The minimum atomic E-state index is -0.436. The van der Waals surface area contributed by atoms with E-state index in [1.165, 1.54) is 26.2 Å². The van der Waals surface area contributed by atoms with Gasteiger partial charge in [0.25, 0.3) is 5.56 Å². The molecule has 0 unspecified atom stereocenters. The normalized spacial score (nSPS) is 17.8. The van der Waals surface area contributed by atoms with Crippen molar-refractivity contribution in [3.8, 4) is 0 Å². The van der Waals surface area contributed by atoms with E-state index in [0.717, 1.165) is 23.3 Å². The zero-order valence-corrected chi connectivity index (χ0v) is 14.5. The summed E-state index contributed by atoms with van der Waals surface area (Å²) in [6.45, 7) is 2.97. The van der Waals surface area contributed by atoms with Crippen molar-refractivity contribution < 1.29 is 9.59 Å². The molecule has 0 aromatic carbocycles. The van der Waals surface area contributed by atoms with E-state index >= 15 is 0 Å². The summed E-state index contributed by atoms with van der Waals surface area (Å²) >= 11 is 0. The lowest BCUT2D eigenvalue weighted by Crippen LogP contribution is -2.49. The summed E-state index contributed by atoms with van der Waals surface area (Å²) < 4.78 is 1.16. The lowest BCUT2D eigenvalue weighted by Gasteiger charge is -2.35. The molecule has 4 rings (SSSR count). The summed E-state index contributed by atoms with van der Waals surface area (Å²) in [5.74, 6) is 0.291. The highest BCUT2D eigenvalue weighted by Gasteiger charge is 2.40. The number of anilines is 3. The number of aryl methyl sites for hydroxylation is 1. The molecule has 9 nitrogen and oxygen atoms in total. The number of hydrogen-bond acceptors (Lipinski definition) is 6. The quantitative estimate of drug-likeness (QED) is 0.808. The molecule has 2 bridgehead atoms. The summed E-state index contributed by atoms with van der Waals surface area (Å²) in [7, 11) is 1.52. The van der Waals surface area contributed by atoms with Crippen molar-refractivity contribution in [2.45, 2.75) is 19.4 Å². The van der Waals surface area contributed by atoms with Gasteiger partial charge in [-0.05, 0) is 24.6 Å².